The van der Waals surface area contributed by atoms with Crippen molar-refractivity contribution in [3.63, 3.8) is 0 Å². The summed E-state index contributed by atoms with van der Waals surface area (Å²) < 4.78 is 54.0. The third-order valence-corrected chi connectivity index (χ3v) is 7.71. The van der Waals surface area contributed by atoms with Gasteiger partial charge in [-0.1, -0.05) is 23.7 Å². The fourth-order valence-corrected chi connectivity index (χ4v) is 5.36. The molecule has 0 unspecified atom stereocenters. The Morgan fingerprint density at radius 2 is 1.68 bits per heavy atom. The second-order valence-electron chi connectivity index (χ2n) is 7.75. The zero-order chi connectivity index (χ0) is 22.2. The number of piperazine rings is 1. The van der Waals surface area contributed by atoms with E-state index in [1.54, 1.807) is 12.1 Å². The molecule has 6 nitrogen and oxygen atoms in total. The van der Waals surface area contributed by atoms with Crippen LogP contribution in [0.3, 0.4) is 0 Å². The summed E-state index contributed by atoms with van der Waals surface area (Å²) in [5.41, 5.74) is 0.654. The molecule has 1 aliphatic heterocycles. The summed E-state index contributed by atoms with van der Waals surface area (Å²) in [7, 11) is -3.84. The van der Waals surface area contributed by atoms with Crippen LogP contribution in [-0.2, 0) is 14.8 Å². The number of sulfonamides is 1. The average molecular weight is 470 g/mol. The number of carbonyl (C=O) groups is 1. The highest BCUT2D eigenvalue weighted by Crippen LogP contribution is 2.28. The van der Waals surface area contributed by atoms with Crippen LogP contribution in [0, 0.1) is 11.6 Å². The van der Waals surface area contributed by atoms with Gasteiger partial charge in [0.15, 0.2) is 0 Å². The molecule has 1 saturated carbocycles. The molecule has 4 rings (SSSR count). The topological polar surface area (TPSA) is 69.7 Å². The van der Waals surface area contributed by atoms with E-state index in [2.05, 4.69) is 5.32 Å². The van der Waals surface area contributed by atoms with Crippen molar-refractivity contribution in [3.8, 4) is 0 Å². The fourth-order valence-electron chi connectivity index (χ4n) is 3.67. The number of rotatable bonds is 6. The molecule has 1 heterocycles. The van der Waals surface area contributed by atoms with Crippen molar-refractivity contribution >= 4 is 27.5 Å². The van der Waals surface area contributed by atoms with Crippen molar-refractivity contribution in [2.75, 3.05) is 26.2 Å². The van der Waals surface area contributed by atoms with Gasteiger partial charge in [-0.15, -0.1) is 0 Å². The first-order valence-corrected chi connectivity index (χ1v) is 11.8. The number of halogens is 3. The zero-order valence-electron chi connectivity index (χ0n) is 16.6. The number of nitrogens with zero attached hydrogens (tertiary/aromatic N) is 2. The standard InChI is InChI=1S/C21H22ClF2N3O3S/c22-18-13-17(7-8-19(18)24)31(29,30)27-11-9-26(10-12-27)20(21(28)25-16-5-6-16)14-1-3-15(23)4-2-14/h1-4,7-8,13,16,20H,5-6,9-12H2,(H,25,28)/t20-/m0/s1. The maximum Gasteiger partial charge on any atom is 0.243 e. The van der Waals surface area contributed by atoms with Gasteiger partial charge in [0.25, 0.3) is 0 Å². The molecule has 1 aliphatic carbocycles. The van der Waals surface area contributed by atoms with Crippen molar-refractivity contribution < 1.29 is 22.0 Å². The van der Waals surface area contributed by atoms with Gasteiger partial charge in [0, 0.05) is 32.2 Å². The molecule has 0 spiro atoms. The van der Waals surface area contributed by atoms with Crippen LogP contribution in [0.15, 0.2) is 47.4 Å². The van der Waals surface area contributed by atoms with Gasteiger partial charge in [-0.2, -0.15) is 4.31 Å². The van der Waals surface area contributed by atoms with Crippen LogP contribution >= 0.6 is 11.6 Å². The molecular weight excluding hydrogens is 448 g/mol. The van der Waals surface area contributed by atoms with Gasteiger partial charge in [-0.05, 0) is 48.7 Å². The quantitative estimate of drug-likeness (QED) is 0.706. The molecule has 1 saturated heterocycles. The van der Waals surface area contributed by atoms with E-state index in [9.17, 15) is 22.0 Å². The van der Waals surface area contributed by atoms with E-state index in [-0.39, 0.29) is 40.8 Å². The molecule has 1 amide bonds. The van der Waals surface area contributed by atoms with Crippen LogP contribution in [0.25, 0.3) is 0 Å². The number of hydrogen-bond donors (Lipinski definition) is 1. The third-order valence-electron chi connectivity index (χ3n) is 5.53. The lowest BCUT2D eigenvalue weighted by molar-refractivity contribution is -0.127. The van der Waals surface area contributed by atoms with Crippen molar-refractivity contribution in [1.29, 1.82) is 0 Å². The van der Waals surface area contributed by atoms with Crippen molar-refractivity contribution in [2.45, 2.75) is 29.8 Å². The molecule has 0 bridgehead atoms. The number of amides is 1. The Balaban J connectivity index is 1.50. The normalized spacial score (nSPS) is 19.2. The molecule has 166 valence electrons. The Labute approximate surface area is 184 Å². The SMILES string of the molecule is O=C(NC1CC1)[C@H](c1ccc(F)cc1)N1CCN(S(=O)(=O)c2ccc(F)c(Cl)c2)CC1. The second kappa shape index (κ2) is 8.82. The van der Waals surface area contributed by atoms with Gasteiger partial charge in [0.2, 0.25) is 15.9 Å². The first-order chi connectivity index (χ1) is 14.8. The van der Waals surface area contributed by atoms with Crippen LogP contribution in [-0.4, -0.2) is 55.8 Å². The molecule has 2 aliphatic rings. The van der Waals surface area contributed by atoms with Crippen LogP contribution in [0.5, 0.6) is 0 Å². The van der Waals surface area contributed by atoms with Crippen molar-refractivity contribution in [2.24, 2.45) is 0 Å². The third kappa shape index (κ3) is 4.90. The first kappa shape index (κ1) is 22.1. The minimum absolute atomic E-state index is 0.0751. The minimum Gasteiger partial charge on any atom is -0.352 e. The van der Waals surface area contributed by atoms with E-state index in [0.717, 1.165) is 25.0 Å². The maximum atomic E-state index is 13.4. The summed E-state index contributed by atoms with van der Waals surface area (Å²) in [4.78, 5) is 14.7. The Hall–Kier alpha value is -2.07. The molecule has 31 heavy (non-hydrogen) atoms. The highest BCUT2D eigenvalue weighted by molar-refractivity contribution is 7.89. The molecule has 10 heteroatoms. The predicted molar refractivity (Wildman–Crippen MR) is 112 cm³/mol. The predicted octanol–water partition coefficient (Wildman–Crippen LogP) is 2.94. The van der Waals surface area contributed by atoms with E-state index in [1.807, 2.05) is 4.90 Å². The van der Waals surface area contributed by atoms with Crippen molar-refractivity contribution in [1.82, 2.24) is 14.5 Å². The number of benzene rings is 2. The first-order valence-electron chi connectivity index (χ1n) is 10.0. The molecule has 0 aromatic heterocycles. The zero-order valence-corrected chi connectivity index (χ0v) is 18.2. The van der Waals surface area contributed by atoms with Gasteiger partial charge >= 0.3 is 0 Å². The van der Waals surface area contributed by atoms with Crippen molar-refractivity contribution in [3.05, 3.63) is 64.7 Å². The molecule has 0 radical (unpaired) electrons. The summed E-state index contributed by atoms with van der Waals surface area (Å²) in [6.45, 7) is 0.944. The summed E-state index contributed by atoms with van der Waals surface area (Å²) in [6.07, 6.45) is 1.88. The molecule has 2 aromatic carbocycles. The smallest absolute Gasteiger partial charge is 0.243 e. The van der Waals surface area contributed by atoms with Crippen LogP contribution in [0.2, 0.25) is 5.02 Å². The monoisotopic (exact) mass is 469 g/mol. The van der Waals surface area contributed by atoms with E-state index < -0.39 is 21.9 Å². The second-order valence-corrected chi connectivity index (χ2v) is 10.1. The Morgan fingerprint density at radius 3 is 2.26 bits per heavy atom. The van der Waals surface area contributed by atoms with E-state index in [1.165, 1.54) is 22.5 Å². The lowest BCUT2D eigenvalue weighted by Gasteiger charge is -2.38. The van der Waals surface area contributed by atoms with Gasteiger partial charge in [-0.3, -0.25) is 9.69 Å². The highest BCUT2D eigenvalue weighted by atomic mass is 35.5. The fraction of sp³-hybridized carbons (Fsp3) is 0.381. The molecule has 1 N–H and O–H groups in total. The Bertz CT molecular complexity index is 1070. The summed E-state index contributed by atoms with van der Waals surface area (Å²) in [5, 5.41) is 2.73. The Kier molecular flexibility index (Phi) is 6.30. The Morgan fingerprint density at radius 1 is 1.03 bits per heavy atom. The largest absolute Gasteiger partial charge is 0.352 e. The van der Waals surface area contributed by atoms with Crippen LogP contribution in [0.1, 0.15) is 24.4 Å². The summed E-state index contributed by atoms with van der Waals surface area (Å²) in [5.74, 6) is -1.25. The minimum atomic E-state index is -3.84. The van der Waals surface area contributed by atoms with Crippen LogP contribution in [0.4, 0.5) is 8.78 Å². The number of nitrogens with one attached hydrogen (secondary N) is 1. The maximum absolute atomic E-state index is 13.4. The number of hydrogen-bond acceptors (Lipinski definition) is 4. The van der Waals surface area contributed by atoms with Gasteiger partial charge < -0.3 is 5.32 Å². The van der Waals surface area contributed by atoms with Gasteiger partial charge in [-0.25, -0.2) is 17.2 Å². The van der Waals surface area contributed by atoms with Gasteiger partial charge in [0.05, 0.1) is 9.92 Å². The molecule has 2 aromatic rings. The molecule has 1 atom stereocenters. The average Bonchev–Trinajstić information content (AvgIpc) is 3.56. The summed E-state index contributed by atoms with van der Waals surface area (Å²) >= 11 is 5.75. The summed E-state index contributed by atoms with van der Waals surface area (Å²) in [6, 6.07) is 8.63. The molecule has 2 fully saturated rings. The highest BCUT2D eigenvalue weighted by Gasteiger charge is 2.36. The van der Waals surface area contributed by atoms with Crippen LogP contribution < -0.4 is 5.32 Å². The molecular formula is C21H22ClF2N3O3S. The van der Waals surface area contributed by atoms with Gasteiger partial charge in [0.1, 0.15) is 17.7 Å². The lowest BCUT2D eigenvalue weighted by Crippen LogP contribution is -2.52. The number of carbonyl (C=O) groups excluding carboxylic acids is 1. The van der Waals surface area contributed by atoms with E-state index in [4.69, 9.17) is 11.6 Å². The van der Waals surface area contributed by atoms with E-state index in [0.29, 0.717) is 18.7 Å². The lowest BCUT2D eigenvalue weighted by atomic mass is 10.0. The van der Waals surface area contributed by atoms with E-state index >= 15 is 0 Å².